The monoisotopic (exact) mass is 234 g/mol. The summed E-state index contributed by atoms with van der Waals surface area (Å²) < 4.78 is 5.63. The van der Waals surface area contributed by atoms with E-state index in [1.54, 1.807) is 7.11 Å². The maximum absolute atomic E-state index is 5.63. The predicted octanol–water partition coefficient (Wildman–Crippen LogP) is 2.03. The van der Waals surface area contributed by atoms with Crippen molar-refractivity contribution in [3.05, 3.63) is 22.8 Å². The molecule has 0 amide bonds. The summed E-state index contributed by atoms with van der Waals surface area (Å²) in [6.45, 7) is 10.7. The molecule has 0 aromatic heterocycles. The van der Waals surface area contributed by atoms with Crippen molar-refractivity contribution in [3.8, 4) is 5.75 Å². The minimum Gasteiger partial charge on any atom is -0.494 e. The first-order valence-corrected chi connectivity index (χ1v) is 6.25. The Balaban J connectivity index is 2.47. The van der Waals surface area contributed by atoms with Gasteiger partial charge in [0.15, 0.2) is 0 Å². The average Bonchev–Trinajstić information content (AvgIpc) is 2.34. The first-order valence-electron chi connectivity index (χ1n) is 6.25. The second-order valence-electron chi connectivity index (χ2n) is 4.75. The summed E-state index contributed by atoms with van der Waals surface area (Å²) >= 11 is 0. The molecule has 1 aliphatic rings. The molecule has 0 spiro atoms. The van der Waals surface area contributed by atoms with Crippen LogP contribution in [-0.4, -0.2) is 33.3 Å². The van der Waals surface area contributed by atoms with Crippen molar-refractivity contribution in [1.82, 2.24) is 5.32 Å². The standard InChI is InChI=1S/C14H22N2O/c1-10-9-11(2)13(14(17-4)12(10)3)16-7-5-15-6-8-16/h9,15H,5-8H2,1-4H3. The fraction of sp³-hybridized carbons (Fsp3) is 0.571. The van der Waals surface area contributed by atoms with Gasteiger partial charge in [0, 0.05) is 26.2 Å². The number of ether oxygens (including phenoxy) is 1. The molecule has 1 aromatic rings. The molecular formula is C14H22N2O. The molecule has 0 saturated carbocycles. The highest BCUT2D eigenvalue weighted by Gasteiger charge is 2.19. The molecule has 1 fully saturated rings. The summed E-state index contributed by atoms with van der Waals surface area (Å²) in [5, 5.41) is 3.38. The van der Waals surface area contributed by atoms with E-state index in [-0.39, 0.29) is 0 Å². The third-order valence-electron chi connectivity index (χ3n) is 3.59. The summed E-state index contributed by atoms with van der Waals surface area (Å²) in [6.07, 6.45) is 0. The second-order valence-corrected chi connectivity index (χ2v) is 4.75. The number of methoxy groups -OCH3 is 1. The Bertz CT molecular complexity index is 409. The highest BCUT2D eigenvalue weighted by Crippen LogP contribution is 2.37. The molecule has 0 unspecified atom stereocenters. The molecule has 0 aliphatic carbocycles. The Hall–Kier alpha value is -1.22. The van der Waals surface area contributed by atoms with E-state index in [9.17, 15) is 0 Å². The zero-order chi connectivity index (χ0) is 12.4. The molecule has 0 radical (unpaired) electrons. The maximum Gasteiger partial charge on any atom is 0.145 e. The van der Waals surface area contributed by atoms with Crippen LogP contribution in [0.3, 0.4) is 0 Å². The third-order valence-corrected chi connectivity index (χ3v) is 3.59. The normalized spacial score (nSPS) is 16.1. The van der Waals surface area contributed by atoms with Crippen LogP contribution in [0.15, 0.2) is 6.07 Å². The summed E-state index contributed by atoms with van der Waals surface area (Å²) in [5.41, 5.74) is 5.15. The summed E-state index contributed by atoms with van der Waals surface area (Å²) in [7, 11) is 1.77. The zero-order valence-electron chi connectivity index (χ0n) is 11.3. The van der Waals surface area contributed by atoms with E-state index in [0.717, 1.165) is 31.9 Å². The lowest BCUT2D eigenvalue weighted by atomic mass is 10.0. The number of benzene rings is 1. The van der Waals surface area contributed by atoms with Crippen molar-refractivity contribution in [2.45, 2.75) is 20.8 Å². The lowest BCUT2D eigenvalue weighted by Crippen LogP contribution is -2.44. The van der Waals surface area contributed by atoms with Crippen molar-refractivity contribution >= 4 is 5.69 Å². The van der Waals surface area contributed by atoms with Crippen LogP contribution in [0.1, 0.15) is 16.7 Å². The van der Waals surface area contributed by atoms with Gasteiger partial charge >= 0.3 is 0 Å². The van der Waals surface area contributed by atoms with Crippen LogP contribution >= 0.6 is 0 Å². The van der Waals surface area contributed by atoms with E-state index in [4.69, 9.17) is 4.74 Å². The lowest BCUT2D eigenvalue weighted by molar-refractivity contribution is 0.409. The lowest BCUT2D eigenvalue weighted by Gasteiger charge is -2.32. The molecule has 1 heterocycles. The van der Waals surface area contributed by atoms with Crippen LogP contribution < -0.4 is 15.0 Å². The van der Waals surface area contributed by atoms with Crippen LogP contribution in [0.5, 0.6) is 5.75 Å². The number of hydrogen-bond donors (Lipinski definition) is 1. The number of anilines is 1. The number of hydrogen-bond acceptors (Lipinski definition) is 3. The van der Waals surface area contributed by atoms with Gasteiger partial charge in [0.25, 0.3) is 0 Å². The molecule has 3 nitrogen and oxygen atoms in total. The van der Waals surface area contributed by atoms with Gasteiger partial charge in [-0.05, 0) is 37.5 Å². The Morgan fingerprint density at radius 1 is 1.12 bits per heavy atom. The summed E-state index contributed by atoms with van der Waals surface area (Å²) in [6, 6.07) is 2.26. The van der Waals surface area contributed by atoms with E-state index in [1.807, 2.05) is 0 Å². The maximum atomic E-state index is 5.63. The van der Waals surface area contributed by atoms with Gasteiger partial charge in [0.1, 0.15) is 5.75 Å². The molecule has 17 heavy (non-hydrogen) atoms. The first-order chi connectivity index (χ1) is 8.15. The highest BCUT2D eigenvalue weighted by molar-refractivity contribution is 5.68. The van der Waals surface area contributed by atoms with E-state index >= 15 is 0 Å². The minimum absolute atomic E-state index is 1.05. The topological polar surface area (TPSA) is 24.5 Å². The van der Waals surface area contributed by atoms with Gasteiger partial charge in [-0.1, -0.05) is 6.07 Å². The van der Waals surface area contributed by atoms with Gasteiger partial charge in [-0.25, -0.2) is 0 Å². The van der Waals surface area contributed by atoms with Crippen molar-refractivity contribution in [3.63, 3.8) is 0 Å². The van der Waals surface area contributed by atoms with Gasteiger partial charge in [-0.15, -0.1) is 0 Å². The van der Waals surface area contributed by atoms with Crippen LogP contribution in [0.2, 0.25) is 0 Å². The van der Waals surface area contributed by atoms with Gasteiger partial charge in [0.05, 0.1) is 12.8 Å². The minimum atomic E-state index is 1.05. The SMILES string of the molecule is COc1c(C)c(C)cc(C)c1N1CCNCC1. The van der Waals surface area contributed by atoms with Crippen LogP contribution in [-0.2, 0) is 0 Å². The quantitative estimate of drug-likeness (QED) is 0.847. The first kappa shape index (κ1) is 12.2. The van der Waals surface area contributed by atoms with Crippen molar-refractivity contribution < 1.29 is 4.74 Å². The molecular weight excluding hydrogens is 212 g/mol. The van der Waals surface area contributed by atoms with Gasteiger partial charge in [-0.3, -0.25) is 0 Å². The van der Waals surface area contributed by atoms with Gasteiger partial charge in [0.2, 0.25) is 0 Å². The Morgan fingerprint density at radius 2 is 1.76 bits per heavy atom. The van der Waals surface area contributed by atoms with Crippen molar-refractivity contribution in [2.75, 3.05) is 38.2 Å². The largest absolute Gasteiger partial charge is 0.494 e. The van der Waals surface area contributed by atoms with Gasteiger partial charge in [-0.2, -0.15) is 0 Å². The van der Waals surface area contributed by atoms with Crippen LogP contribution in [0, 0.1) is 20.8 Å². The molecule has 3 heteroatoms. The van der Waals surface area contributed by atoms with Crippen molar-refractivity contribution in [1.29, 1.82) is 0 Å². The molecule has 1 aromatic carbocycles. The molecule has 0 atom stereocenters. The van der Waals surface area contributed by atoms with E-state index in [0.29, 0.717) is 0 Å². The number of piperazine rings is 1. The van der Waals surface area contributed by atoms with E-state index in [2.05, 4.69) is 37.1 Å². The molecule has 94 valence electrons. The summed E-state index contributed by atoms with van der Waals surface area (Å²) in [4.78, 5) is 2.43. The summed E-state index contributed by atoms with van der Waals surface area (Å²) in [5.74, 6) is 1.05. The fourth-order valence-electron chi connectivity index (χ4n) is 2.57. The molecule has 1 N–H and O–H groups in total. The van der Waals surface area contributed by atoms with Crippen LogP contribution in [0.25, 0.3) is 0 Å². The zero-order valence-corrected chi connectivity index (χ0v) is 11.3. The number of nitrogens with one attached hydrogen (secondary N) is 1. The predicted molar refractivity (Wildman–Crippen MR) is 72.3 cm³/mol. The second kappa shape index (κ2) is 4.96. The van der Waals surface area contributed by atoms with E-state index < -0.39 is 0 Å². The Kier molecular flexibility index (Phi) is 3.57. The molecule has 1 saturated heterocycles. The number of rotatable bonds is 2. The van der Waals surface area contributed by atoms with Gasteiger partial charge < -0.3 is 15.0 Å². The molecule has 2 rings (SSSR count). The average molecular weight is 234 g/mol. The van der Waals surface area contributed by atoms with Crippen molar-refractivity contribution in [2.24, 2.45) is 0 Å². The Morgan fingerprint density at radius 3 is 2.35 bits per heavy atom. The molecule has 1 aliphatic heterocycles. The smallest absolute Gasteiger partial charge is 0.145 e. The number of nitrogens with zero attached hydrogens (tertiary/aromatic N) is 1. The number of aryl methyl sites for hydroxylation is 2. The van der Waals surface area contributed by atoms with E-state index in [1.165, 1.54) is 22.4 Å². The molecule has 0 bridgehead atoms. The highest BCUT2D eigenvalue weighted by atomic mass is 16.5. The third kappa shape index (κ3) is 2.25. The van der Waals surface area contributed by atoms with Crippen LogP contribution in [0.4, 0.5) is 5.69 Å². The Labute approximate surface area is 104 Å². The fourth-order valence-corrected chi connectivity index (χ4v) is 2.57.